The van der Waals surface area contributed by atoms with Crippen molar-refractivity contribution in [3.05, 3.63) is 52.2 Å². The lowest BCUT2D eigenvalue weighted by Gasteiger charge is -2.30. The first kappa shape index (κ1) is 15.0. The molecule has 0 saturated heterocycles. The summed E-state index contributed by atoms with van der Waals surface area (Å²) in [6.45, 7) is 2.87. The first-order valence-corrected chi connectivity index (χ1v) is 7.62. The number of thiophene rings is 1. The van der Waals surface area contributed by atoms with Gasteiger partial charge >= 0.3 is 0 Å². The van der Waals surface area contributed by atoms with Gasteiger partial charge in [-0.05, 0) is 31.5 Å². The molecule has 0 aliphatic heterocycles. The molecule has 2 aromatic rings. The summed E-state index contributed by atoms with van der Waals surface area (Å²) < 4.78 is 5.42. The van der Waals surface area contributed by atoms with Crippen molar-refractivity contribution in [3.63, 3.8) is 0 Å². The number of benzene rings is 1. The lowest BCUT2D eigenvalue weighted by atomic mass is 10.1. The van der Waals surface area contributed by atoms with Crippen molar-refractivity contribution in [1.82, 2.24) is 4.90 Å². The number of methoxy groups -OCH3 is 1. The molecule has 20 heavy (non-hydrogen) atoms. The zero-order valence-corrected chi connectivity index (χ0v) is 13.1. The van der Waals surface area contributed by atoms with Gasteiger partial charge < -0.3 is 10.5 Å². The molecule has 0 fully saturated rings. The van der Waals surface area contributed by atoms with Crippen LogP contribution in [0.4, 0.5) is 0 Å². The van der Waals surface area contributed by atoms with Crippen molar-refractivity contribution in [2.75, 3.05) is 14.2 Å². The largest absolute Gasteiger partial charge is 0.496 e. The van der Waals surface area contributed by atoms with E-state index in [4.69, 9.17) is 10.5 Å². The van der Waals surface area contributed by atoms with Crippen LogP contribution in [0.25, 0.3) is 0 Å². The molecule has 2 rings (SSSR count). The smallest absolute Gasteiger partial charge is 0.123 e. The van der Waals surface area contributed by atoms with E-state index in [9.17, 15) is 0 Å². The maximum absolute atomic E-state index is 6.19. The van der Waals surface area contributed by atoms with Crippen molar-refractivity contribution in [2.24, 2.45) is 5.73 Å². The van der Waals surface area contributed by atoms with Crippen LogP contribution in [-0.2, 0) is 6.54 Å². The minimum atomic E-state index is 0.0772. The van der Waals surface area contributed by atoms with E-state index >= 15 is 0 Å². The first-order chi connectivity index (χ1) is 9.63. The Morgan fingerprint density at radius 2 is 2.00 bits per heavy atom. The van der Waals surface area contributed by atoms with Crippen LogP contribution in [0.5, 0.6) is 5.75 Å². The van der Waals surface area contributed by atoms with E-state index < -0.39 is 0 Å². The van der Waals surface area contributed by atoms with Crippen molar-refractivity contribution in [3.8, 4) is 5.75 Å². The predicted octanol–water partition coefficient (Wildman–Crippen LogP) is 3.28. The number of hydrogen-bond acceptors (Lipinski definition) is 4. The monoisotopic (exact) mass is 290 g/mol. The van der Waals surface area contributed by atoms with Gasteiger partial charge in [0.05, 0.1) is 13.2 Å². The summed E-state index contributed by atoms with van der Waals surface area (Å²) in [5.41, 5.74) is 7.37. The van der Waals surface area contributed by atoms with Gasteiger partial charge in [-0.2, -0.15) is 0 Å². The fraction of sp³-hybridized carbons (Fsp3) is 0.375. The summed E-state index contributed by atoms with van der Waals surface area (Å²) in [5.74, 6) is 0.925. The van der Waals surface area contributed by atoms with E-state index in [1.165, 1.54) is 10.4 Å². The van der Waals surface area contributed by atoms with Crippen molar-refractivity contribution in [2.45, 2.75) is 25.6 Å². The molecule has 0 saturated carbocycles. The Bertz CT molecular complexity index is 525. The zero-order chi connectivity index (χ0) is 14.5. The van der Waals surface area contributed by atoms with E-state index in [-0.39, 0.29) is 12.1 Å². The fourth-order valence-electron chi connectivity index (χ4n) is 2.54. The maximum atomic E-state index is 6.19. The average molecular weight is 290 g/mol. The molecule has 3 nitrogen and oxygen atoms in total. The van der Waals surface area contributed by atoms with Gasteiger partial charge in [-0.15, -0.1) is 11.3 Å². The van der Waals surface area contributed by atoms with Crippen LogP contribution >= 0.6 is 11.3 Å². The highest BCUT2D eigenvalue weighted by atomic mass is 32.1. The SMILES string of the molecule is COc1ccccc1CN(C)C(c1cccs1)C(C)N. The average Bonchev–Trinajstić information content (AvgIpc) is 2.92. The maximum Gasteiger partial charge on any atom is 0.123 e. The van der Waals surface area contributed by atoms with Crippen LogP contribution in [0.15, 0.2) is 41.8 Å². The third-order valence-electron chi connectivity index (χ3n) is 3.42. The molecule has 0 aliphatic carbocycles. The van der Waals surface area contributed by atoms with Gasteiger partial charge in [-0.25, -0.2) is 0 Å². The molecule has 1 heterocycles. The highest BCUT2D eigenvalue weighted by Crippen LogP contribution is 2.29. The number of para-hydroxylation sites is 1. The molecule has 108 valence electrons. The Hall–Kier alpha value is -1.36. The number of ether oxygens (including phenoxy) is 1. The van der Waals surface area contributed by atoms with Gasteiger partial charge in [0.1, 0.15) is 5.75 Å². The van der Waals surface area contributed by atoms with E-state index in [1.54, 1.807) is 18.4 Å². The molecule has 0 radical (unpaired) electrons. The van der Waals surface area contributed by atoms with Crippen LogP contribution in [0, 0.1) is 0 Å². The Morgan fingerprint density at radius 1 is 1.25 bits per heavy atom. The van der Waals surface area contributed by atoms with Crippen molar-refractivity contribution in [1.29, 1.82) is 0 Å². The molecule has 2 unspecified atom stereocenters. The van der Waals surface area contributed by atoms with E-state index in [2.05, 4.69) is 42.5 Å². The van der Waals surface area contributed by atoms with Crippen molar-refractivity contribution >= 4 is 11.3 Å². The Balaban J connectivity index is 2.19. The summed E-state index contributed by atoms with van der Waals surface area (Å²) >= 11 is 1.76. The van der Waals surface area contributed by atoms with Crippen LogP contribution in [0.1, 0.15) is 23.4 Å². The lowest BCUT2D eigenvalue weighted by Crippen LogP contribution is -2.36. The molecule has 1 aromatic heterocycles. The second-order valence-corrected chi connectivity index (χ2v) is 6.03. The van der Waals surface area contributed by atoms with Crippen LogP contribution in [-0.4, -0.2) is 25.1 Å². The second kappa shape index (κ2) is 6.88. The normalized spacial score (nSPS) is 14.2. The number of rotatable bonds is 6. The summed E-state index contributed by atoms with van der Waals surface area (Å²) in [6, 6.07) is 12.6. The second-order valence-electron chi connectivity index (χ2n) is 5.05. The molecule has 2 atom stereocenters. The molecule has 2 N–H and O–H groups in total. The number of nitrogens with zero attached hydrogens (tertiary/aromatic N) is 1. The molecule has 0 bridgehead atoms. The van der Waals surface area contributed by atoms with E-state index in [1.807, 2.05) is 18.2 Å². The number of likely N-dealkylation sites (N-methyl/N-ethyl adjacent to an activating group) is 1. The molecule has 0 amide bonds. The molecular formula is C16H22N2OS. The summed E-state index contributed by atoms with van der Waals surface area (Å²) in [5, 5.41) is 2.10. The molecular weight excluding hydrogens is 268 g/mol. The molecule has 0 spiro atoms. The standard InChI is InChI=1S/C16H22N2OS/c1-12(17)16(15-9-6-10-20-15)18(2)11-13-7-4-5-8-14(13)19-3/h4-10,12,16H,11,17H2,1-3H3. The van der Waals surface area contributed by atoms with Gasteiger partial charge in [0, 0.05) is 23.0 Å². The predicted molar refractivity (Wildman–Crippen MR) is 85.2 cm³/mol. The Labute approximate surface area is 125 Å². The number of hydrogen-bond donors (Lipinski definition) is 1. The quantitative estimate of drug-likeness (QED) is 0.887. The molecule has 0 aliphatic rings. The van der Waals surface area contributed by atoms with Gasteiger partial charge in [0.2, 0.25) is 0 Å². The van der Waals surface area contributed by atoms with Crippen LogP contribution in [0.2, 0.25) is 0 Å². The Morgan fingerprint density at radius 3 is 2.60 bits per heavy atom. The lowest BCUT2D eigenvalue weighted by molar-refractivity contribution is 0.211. The van der Waals surface area contributed by atoms with Crippen molar-refractivity contribution < 1.29 is 4.74 Å². The summed E-state index contributed by atoms with van der Waals surface area (Å²) in [7, 11) is 3.82. The van der Waals surface area contributed by atoms with E-state index in [0.717, 1.165) is 12.3 Å². The summed E-state index contributed by atoms with van der Waals surface area (Å²) in [6.07, 6.45) is 0. The zero-order valence-electron chi connectivity index (χ0n) is 12.2. The molecule has 1 aromatic carbocycles. The van der Waals surface area contributed by atoms with E-state index in [0.29, 0.717) is 0 Å². The highest BCUT2D eigenvalue weighted by Gasteiger charge is 2.22. The van der Waals surface area contributed by atoms with Gasteiger partial charge in [-0.1, -0.05) is 24.3 Å². The van der Waals surface area contributed by atoms with Gasteiger partial charge in [0.15, 0.2) is 0 Å². The third-order valence-corrected chi connectivity index (χ3v) is 4.36. The Kier molecular flexibility index (Phi) is 5.17. The fourth-order valence-corrected chi connectivity index (χ4v) is 3.54. The summed E-state index contributed by atoms with van der Waals surface area (Å²) in [4.78, 5) is 3.59. The topological polar surface area (TPSA) is 38.5 Å². The minimum Gasteiger partial charge on any atom is -0.496 e. The number of nitrogens with two attached hydrogens (primary N) is 1. The van der Waals surface area contributed by atoms with Crippen LogP contribution in [0.3, 0.4) is 0 Å². The highest BCUT2D eigenvalue weighted by molar-refractivity contribution is 7.10. The van der Waals surface area contributed by atoms with Gasteiger partial charge in [0.25, 0.3) is 0 Å². The first-order valence-electron chi connectivity index (χ1n) is 6.74. The minimum absolute atomic E-state index is 0.0772. The van der Waals surface area contributed by atoms with Crippen LogP contribution < -0.4 is 10.5 Å². The van der Waals surface area contributed by atoms with Gasteiger partial charge in [-0.3, -0.25) is 4.90 Å². The molecule has 4 heteroatoms. The third kappa shape index (κ3) is 3.39.